The molecule has 8 heteroatoms. The van der Waals surface area contributed by atoms with Crippen LogP contribution in [0, 0.1) is 0 Å². The van der Waals surface area contributed by atoms with Gasteiger partial charge in [-0.25, -0.2) is 4.98 Å². The zero-order chi connectivity index (χ0) is 21.8. The fraction of sp³-hybridized carbons (Fsp3) is 0.261. The van der Waals surface area contributed by atoms with Crippen LogP contribution in [0.4, 0.5) is 10.8 Å². The number of hydrogen-bond acceptors (Lipinski definition) is 6. The van der Waals surface area contributed by atoms with Crippen molar-refractivity contribution in [1.82, 2.24) is 9.88 Å². The summed E-state index contributed by atoms with van der Waals surface area (Å²) in [7, 11) is 0. The van der Waals surface area contributed by atoms with E-state index in [2.05, 4.69) is 20.5 Å². The van der Waals surface area contributed by atoms with E-state index < -0.39 is 0 Å². The normalized spacial score (nSPS) is 14.5. The van der Waals surface area contributed by atoms with E-state index in [1.54, 1.807) is 35.6 Å². The first-order chi connectivity index (χ1) is 15.0. The monoisotopic (exact) mass is 454 g/mol. The first-order valence-electron chi connectivity index (χ1n) is 10.1. The Morgan fingerprint density at radius 2 is 1.71 bits per heavy atom. The number of Topliss-reactive ketones (excluding diaryl/α,β-unsaturated/α-hetero) is 1. The van der Waals surface area contributed by atoms with Crippen molar-refractivity contribution in [3.63, 3.8) is 0 Å². The number of piperazine rings is 1. The Balaban J connectivity index is 1.27. The van der Waals surface area contributed by atoms with Crippen molar-refractivity contribution in [3.8, 4) is 11.3 Å². The molecule has 6 nitrogen and oxygen atoms in total. The summed E-state index contributed by atoms with van der Waals surface area (Å²) in [6.45, 7) is 5.12. The molecule has 4 rings (SSSR count). The minimum Gasteiger partial charge on any atom is -0.346 e. The van der Waals surface area contributed by atoms with Gasteiger partial charge in [0.05, 0.1) is 12.2 Å². The predicted octanol–water partition coefficient (Wildman–Crippen LogP) is 4.43. The van der Waals surface area contributed by atoms with Gasteiger partial charge in [0, 0.05) is 53.4 Å². The van der Waals surface area contributed by atoms with Gasteiger partial charge < -0.3 is 10.2 Å². The third kappa shape index (κ3) is 5.50. The van der Waals surface area contributed by atoms with Gasteiger partial charge in [0.15, 0.2) is 10.9 Å². The number of anilines is 2. The molecule has 0 spiro atoms. The predicted molar refractivity (Wildman–Crippen MR) is 126 cm³/mol. The van der Waals surface area contributed by atoms with Crippen LogP contribution in [0.2, 0.25) is 5.02 Å². The summed E-state index contributed by atoms with van der Waals surface area (Å²) in [6.07, 6.45) is 0. The summed E-state index contributed by atoms with van der Waals surface area (Å²) in [5, 5.41) is 6.68. The van der Waals surface area contributed by atoms with Gasteiger partial charge in [-0.15, -0.1) is 11.3 Å². The lowest BCUT2D eigenvalue weighted by atomic mass is 10.1. The molecule has 2 heterocycles. The minimum absolute atomic E-state index is 0.0104. The summed E-state index contributed by atoms with van der Waals surface area (Å²) in [4.78, 5) is 32.9. The molecule has 1 fully saturated rings. The van der Waals surface area contributed by atoms with E-state index in [0.29, 0.717) is 22.8 Å². The average molecular weight is 455 g/mol. The first-order valence-corrected chi connectivity index (χ1v) is 11.3. The van der Waals surface area contributed by atoms with Crippen LogP contribution in [0.3, 0.4) is 0 Å². The highest BCUT2D eigenvalue weighted by atomic mass is 35.5. The van der Waals surface area contributed by atoms with Crippen molar-refractivity contribution in [2.24, 2.45) is 0 Å². The molecule has 1 aromatic heterocycles. The van der Waals surface area contributed by atoms with Gasteiger partial charge in [-0.1, -0.05) is 23.7 Å². The third-order valence-electron chi connectivity index (χ3n) is 5.22. The van der Waals surface area contributed by atoms with Gasteiger partial charge in [0.2, 0.25) is 5.91 Å². The molecule has 160 valence electrons. The molecular formula is C23H23ClN4O2S. The lowest BCUT2D eigenvalue weighted by molar-refractivity contribution is -0.117. The van der Waals surface area contributed by atoms with Crippen molar-refractivity contribution in [1.29, 1.82) is 0 Å². The van der Waals surface area contributed by atoms with E-state index in [4.69, 9.17) is 16.6 Å². The molecule has 1 aliphatic heterocycles. The Labute approximate surface area is 190 Å². The fourth-order valence-corrected chi connectivity index (χ4v) is 4.47. The number of amides is 1. The number of nitrogens with one attached hydrogen (secondary N) is 1. The number of nitrogens with zero attached hydrogens (tertiary/aromatic N) is 3. The lowest BCUT2D eigenvalue weighted by Gasteiger charge is -2.34. The number of benzene rings is 2. The molecule has 0 unspecified atom stereocenters. The Bertz CT molecular complexity index is 1060. The number of aromatic nitrogens is 1. The van der Waals surface area contributed by atoms with Crippen molar-refractivity contribution < 1.29 is 9.59 Å². The maximum Gasteiger partial charge on any atom is 0.238 e. The highest BCUT2D eigenvalue weighted by molar-refractivity contribution is 7.14. The number of carbonyl (C=O) groups excluding carboxylic acids is 2. The molecule has 0 atom stereocenters. The van der Waals surface area contributed by atoms with Gasteiger partial charge in [0.1, 0.15) is 0 Å². The van der Waals surface area contributed by atoms with Gasteiger partial charge in [0.25, 0.3) is 0 Å². The number of rotatable bonds is 6. The number of hydrogen-bond donors (Lipinski definition) is 1. The van der Waals surface area contributed by atoms with E-state index in [1.165, 1.54) is 6.92 Å². The molecule has 1 aliphatic rings. The van der Waals surface area contributed by atoms with Gasteiger partial charge >= 0.3 is 0 Å². The summed E-state index contributed by atoms with van der Waals surface area (Å²) < 4.78 is 0. The van der Waals surface area contributed by atoms with E-state index in [0.717, 1.165) is 42.6 Å². The van der Waals surface area contributed by atoms with Crippen LogP contribution < -0.4 is 10.2 Å². The van der Waals surface area contributed by atoms with Crippen LogP contribution in [0.1, 0.15) is 17.3 Å². The van der Waals surface area contributed by atoms with Crippen LogP contribution in [0.5, 0.6) is 0 Å². The van der Waals surface area contributed by atoms with Crippen molar-refractivity contribution in [3.05, 3.63) is 64.5 Å². The number of halogens is 1. The summed E-state index contributed by atoms with van der Waals surface area (Å²) in [5.74, 6) is -0.0421. The van der Waals surface area contributed by atoms with Gasteiger partial charge in [-0.3, -0.25) is 14.5 Å². The number of carbonyl (C=O) groups is 2. The number of thiazole rings is 1. The standard InChI is InChI=1S/C23H23ClN4O2S/c1-16(29)17-4-8-20(9-5-17)25-22(30)14-27-10-12-28(13-11-27)23-26-21(15-31-23)18-2-6-19(24)7-3-18/h2-9,15H,10-14H2,1H3,(H,25,30). The summed E-state index contributed by atoms with van der Waals surface area (Å²) in [6, 6.07) is 14.7. The molecule has 1 amide bonds. The lowest BCUT2D eigenvalue weighted by Crippen LogP contribution is -2.48. The van der Waals surface area contributed by atoms with Crippen molar-refractivity contribution in [2.75, 3.05) is 42.9 Å². The first kappa shape index (κ1) is 21.5. The molecule has 0 radical (unpaired) electrons. The van der Waals surface area contributed by atoms with Crippen LogP contribution in [-0.4, -0.2) is 54.3 Å². The average Bonchev–Trinajstić information content (AvgIpc) is 3.25. The quantitative estimate of drug-likeness (QED) is 0.558. The van der Waals surface area contributed by atoms with E-state index in [9.17, 15) is 9.59 Å². The Kier molecular flexibility index (Phi) is 6.65. The molecule has 0 saturated carbocycles. The molecule has 1 saturated heterocycles. The fourth-order valence-electron chi connectivity index (χ4n) is 3.45. The molecule has 0 aliphatic carbocycles. The molecule has 2 aromatic carbocycles. The van der Waals surface area contributed by atoms with Crippen molar-refractivity contribution in [2.45, 2.75) is 6.92 Å². The number of ketones is 1. The van der Waals surface area contributed by atoms with Crippen LogP contribution in [0.25, 0.3) is 11.3 Å². The van der Waals surface area contributed by atoms with E-state index in [1.807, 2.05) is 24.3 Å². The third-order valence-corrected chi connectivity index (χ3v) is 6.37. The van der Waals surface area contributed by atoms with Gasteiger partial charge in [-0.2, -0.15) is 0 Å². The highest BCUT2D eigenvalue weighted by Gasteiger charge is 2.21. The molecular weight excluding hydrogens is 432 g/mol. The molecule has 31 heavy (non-hydrogen) atoms. The largest absolute Gasteiger partial charge is 0.346 e. The SMILES string of the molecule is CC(=O)c1ccc(NC(=O)CN2CCN(c3nc(-c4ccc(Cl)cc4)cs3)CC2)cc1. The van der Waals surface area contributed by atoms with Gasteiger partial charge in [-0.05, 0) is 43.3 Å². The van der Waals surface area contributed by atoms with Crippen molar-refractivity contribution >= 4 is 45.4 Å². The van der Waals surface area contributed by atoms with Crippen LogP contribution in [-0.2, 0) is 4.79 Å². The Hall–Kier alpha value is -2.74. The van der Waals surface area contributed by atoms with Crippen LogP contribution >= 0.6 is 22.9 Å². The molecule has 0 bridgehead atoms. The topological polar surface area (TPSA) is 65.5 Å². The minimum atomic E-state index is -0.0525. The van der Waals surface area contributed by atoms with E-state index in [-0.39, 0.29) is 11.7 Å². The maximum atomic E-state index is 12.4. The maximum absolute atomic E-state index is 12.4. The van der Waals surface area contributed by atoms with Crippen LogP contribution in [0.15, 0.2) is 53.9 Å². The second-order valence-electron chi connectivity index (χ2n) is 7.47. The summed E-state index contributed by atoms with van der Waals surface area (Å²) in [5.41, 5.74) is 3.34. The molecule has 1 N–H and O–H groups in total. The second-order valence-corrected chi connectivity index (χ2v) is 8.74. The highest BCUT2D eigenvalue weighted by Crippen LogP contribution is 2.28. The van der Waals surface area contributed by atoms with E-state index >= 15 is 0 Å². The zero-order valence-electron chi connectivity index (χ0n) is 17.2. The Morgan fingerprint density at radius 1 is 1.03 bits per heavy atom. The second kappa shape index (κ2) is 9.60. The Morgan fingerprint density at radius 3 is 2.35 bits per heavy atom. The smallest absolute Gasteiger partial charge is 0.238 e. The molecule has 3 aromatic rings. The zero-order valence-corrected chi connectivity index (χ0v) is 18.7. The summed E-state index contributed by atoms with van der Waals surface area (Å²) >= 11 is 7.60.